The van der Waals surface area contributed by atoms with Gasteiger partial charge in [-0.05, 0) is 61.6 Å². The molecule has 0 saturated carbocycles. The van der Waals surface area contributed by atoms with Crippen LogP contribution in [0.15, 0.2) is 72.8 Å². The van der Waals surface area contributed by atoms with Crippen LogP contribution in [0.3, 0.4) is 0 Å². The number of imide groups is 2. The molecular formula is C36H40N4O5. The van der Waals surface area contributed by atoms with Crippen molar-refractivity contribution in [2.45, 2.75) is 20.3 Å². The Morgan fingerprint density at radius 2 is 0.956 bits per heavy atom. The molecule has 234 valence electrons. The third-order valence-corrected chi connectivity index (χ3v) is 8.49. The average Bonchev–Trinajstić information content (AvgIpc) is 3.06. The van der Waals surface area contributed by atoms with E-state index in [2.05, 4.69) is 4.90 Å². The van der Waals surface area contributed by atoms with Crippen molar-refractivity contribution in [2.24, 2.45) is 0 Å². The second kappa shape index (κ2) is 14.1. The molecule has 0 aromatic heterocycles. The fourth-order valence-corrected chi connectivity index (χ4v) is 6.23. The van der Waals surface area contributed by atoms with Crippen LogP contribution in [0.2, 0.25) is 0 Å². The van der Waals surface area contributed by atoms with Crippen LogP contribution in [-0.4, -0.2) is 108 Å². The first-order valence-electron chi connectivity index (χ1n) is 15.7. The van der Waals surface area contributed by atoms with Gasteiger partial charge >= 0.3 is 0 Å². The van der Waals surface area contributed by atoms with Gasteiger partial charge in [0.1, 0.15) is 0 Å². The van der Waals surface area contributed by atoms with Gasteiger partial charge in [-0.25, -0.2) is 0 Å². The number of aliphatic hydroxyl groups excluding tert-OH is 1. The molecule has 2 aliphatic rings. The quantitative estimate of drug-likeness (QED) is 0.236. The summed E-state index contributed by atoms with van der Waals surface area (Å²) in [4.78, 5) is 59.6. The van der Waals surface area contributed by atoms with Gasteiger partial charge in [-0.1, -0.05) is 62.4 Å². The van der Waals surface area contributed by atoms with Crippen molar-refractivity contribution >= 4 is 45.2 Å². The van der Waals surface area contributed by atoms with Gasteiger partial charge in [0.25, 0.3) is 23.6 Å². The summed E-state index contributed by atoms with van der Waals surface area (Å²) in [7, 11) is 1.95. The highest BCUT2D eigenvalue weighted by Crippen LogP contribution is 2.31. The number of benzene rings is 4. The predicted octanol–water partition coefficient (Wildman–Crippen LogP) is 4.53. The number of carbonyl (C=O) groups is 4. The first kappa shape index (κ1) is 32.0. The van der Waals surface area contributed by atoms with Crippen LogP contribution >= 0.6 is 0 Å². The van der Waals surface area contributed by atoms with Crippen molar-refractivity contribution in [3.05, 3.63) is 95.1 Å². The van der Waals surface area contributed by atoms with Crippen molar-refractivity contribution in [3.63, 3.8) is 0 Å². The molecular weight excluding hydrogens is 568 g/mol. The molecule has 6 rings (SSSR count). The minimum Gasteiger partial charge on any atom is -0.395 e. The van der Waals surface area contributed by atoms with E-state index in [-0.39, 0.29) is 43.3 Å². The molecule has 4 amide bonds. The highest BCUT2D eigenvalue weighted by molar-refractivity contribution is 6.26. The highest BCUT2D eigenvalue weighted by Gasteiger charge is 2.33. The van der Waals surface area contributed by atoms with E-state index in [1.165, 1.54) is 9.80 Å². The Labute approximate surface area is 263 Å². The Bertz CT molecular complexity index is 1650. The van der Waals surface area contributed by atoms with Crippen LogP contribution in [-0.2, 0) is 0 Å². The van der Waals surface area contributed by atoms with E-state index in [1.54, 1.807) is 24.3 Å². The van der Waals surface area contributed by atoms with Crippen LogP contribution in [0.1, 0.15) is 61.7 Å². The molecule has 0 atom stereocenters. The Kier molecular flexibility index (Phi) is 10.0. The third-order valence-electron chi connectivity index (χ3n) is 8.49. The molecule has 0 bridgehead atoms. The fraction of sp³-hybridized carbons (Fsp3) is 0.333. The smallest absolute Gasteiger partial charge is 0.261 e. The van der Waals surface area contributed by atoms with Crippen molar-refractivity contribution in [1.82, 2.24) is 19.6 Å². The van der Waals surface area contributed by atoms with Crippen LogP contribution in [0.4, 0.5) is 0 Å². The Balaban J connectivity index is 0.00000196. The summed E-state index contributed by atoms with van der Waals surface area (Å²) in [5.41, 5.74) is 2.18. The monoisotopic (exact) mass is 608 g/mol. The zero-order valence-corrected chi connectivity index (χ0v) is 26.2. The number of hydrogen-bond donors (Lipinski definition) is 1. The average molecular weight is 609 g/mol. The maximum absolute atomic E-state index is 13.2. The van der Waals surface area contributed by atoms with Crippen molar-refractivity contribution < 1.29 is 24.3 Å². The van der Waals surface area contributed by atoms with E-state index in [9.17, 15) is 24.3 Å². The molecule has 0 aliphatic carbocycles. The summed E-state index contributed by atoms with van der Waals surface area (Å²) >= 11 is 0. The summed E-state index contributed by atoms with van der Waals surface area (Å²) in [6, 6.07) is 22.0. The molecule has 45 heavy (non-hydrogen) atoms. The second-order valence-electron chi connectivity index (χ2n) is 11.2. The maximum atomic E-state index is 13.2. The highest BCUT2D eigenvalue weighted by atomic mass is 16.3. The normalized spacial score (nSPS) is 14.2. The fourth-order valence-electron chi connectivity index (χ4n) is 6.23. The zero-order valence-electron chi connectivity index (χ0n) is 26.2. The Morgan fingerprint density at radius 1 is 0.556 bits per heavy atom. The minimum absolute atomic E-state index is 0.0344. The number of rotatable bonds is 12. The van der Waals surface area contributed by atoms with Gasteiger partial charge in [-0.3, -0.25) is 33.9 Å². The van der Waals surface area contributed by atoms with Gasteiger partial charge in [0.2, 0.25) is 0 Å². The molecule has 0 saturated heterocycles. The summed E-state index contributed by atoms with van der Waals surface area (Å²) in [6.45, 7) is 7.24. The molecule has 0 spiro atoms. The zero-order chi connectivity index (χ0) is 32.1. The lowest BCUT2D eigenvalue weighted by atomic mass is 9.94. The number of likely N-dealkylation sites (N-methyl/N-ethyl adjacent to an activating group) is 1. The van der Waals surface area contributed by atoms with E-state index in [0.29, 0.717) is 60.4 Å². The predicted molar refractivity (Wildman–Crippen MR) is 176 cm³/mol. The Morgan fingerprint density at radius 3 is 1.36 bits per heavy atom. The first-order valence-corrected chi connectivity index (χ1v) is 15.7. The molecule has 2 aliphatic heterocycles. The first-order chi connectivity index (χ1) is 21.9. The molecule has 9 nitrogen and oxygen atoms in total. The molecule has 0 unspecified atom stereocenters. The number of aliphatic hydroxyl groups is 1. The van der Waals surface area contributed by atoms with Crippen LogP contribution in [0, 0.1) is 0 Å². The van der Waals surface area contributed by atoms with Gasteiger partial charge in [0.15, 0.2) is 0 Å². The number of carbonyl (C=O) groups excluding carboxylic acids is 4. The van der Waals surface area contributed by atoms with Gasteiger partial charge in [-0.15, -0.1) is 0 Å². The Hall–Kier alpha value is -4.44. The van der Waals surface area contributed by atoms with Crippen molar-refractivity contribution in [2.75, 3.05) is 59.5 Å². The van der Waals surface area contributed by atoms with E-state index in [0.717, 1.165) is 22.6 Å². The standard InChI is InChI=1S/C34H34N4O5.C2H6/c1-35(17-19-37-31(40)25-11-2-7-23-8-3-12-26(29(23)25)32(37)41)15-6-16-36(21-22-39)18-20-38-33(42)27-13-4-9-24-10-5-14-28(30(24)27)34(38)43;1-2/h2-5,7-14,39H,6,15-22H2,1H3;1-2H3. The van der Waals surface area contributed by atoms with Gasteiger partial charge in [-0.2, -0.15) is 0 Å². The lowest BCUT2D eigenvalue weighted by Gasteiger charge is -2.30. The molecule has 0 fully saturated rings. The summed E-state index contributed by atoms with van der Waals surface area (Å²) < 4.78 is 0. The van der Waals surface area contributed by atoms with Gasteiger partial charge in [0.05, 0.1) is 6.61 Å². The van der Waals surface area contributed by atoms with Crippen molar-refractivity contribution in [3.8, 4) is 0 Å². The second-order valence-corrected chi connectivity index (χ2v) is 11.2. The molecule has 2 heterocycles. The van der Waals surface area contributed by atoms with Gasteiger partial charge < -0.3 is 10.0 Å². The SMILES string of the molecule is CC.CN(CCCN(CCO)CCN1C(=O)c2cccc3cccc(c23)C1=O)CCN1C(=O)c2cccc3cccc(c23)C1=O. The molecule has 9 heteroatoms. The topological polar surface area (TPSA) is 101 Å². The largest absolute Gasteiger partial charge is 0.395 e. The summed E-state index contributed by atoms with van der Waals surface area (Å²) in [6.07, 6.45) is 0.768. The van der Waals surface area contributed by atoms with Crippen molar-refractivity contribution in [1.29, 1.82) is 0 Å². The minimum atomic E-state index is -0.293. The molecule has 0 radical (unpaired) electrons. The number of nitrogens with zero attached hydrogens (tertiary/aromatic N) is 4. The summed E-state index contributed by atoms with van der Waals surface area (Å²) in [5, 5.41) is 12.8. The lowest BCUT2D eigenvalue weighted by molar-refractivity contribution is 0.0581. The molecule has 4 aromatic rings. The van der Waals surface area contributed by atoms with Gasteiger partial charge in [0, 0.05) is 65.8 Å². The number of hydrogen-bond acceptors (Lipinski definition) is 7. The van der Waals surface area contributed by atoms with E-state index >= 15 is 0 Å². The maximum Gasteiger partial charge on any atom is 0.261 e. The summed E-state index contributed by atoms with van der Waals surface area (Å²) in [5.74, 6) is -1.12. The molecule has 4 aromatic carbocycles. The van der Waals surface area contributed by atoms with Crippen LogP contribution in [0.25, 0.3) is 21.5 Å². The lowest BCUT2D eigenvalue weighted by Crippen LogP contribution is -2.45. The van der Waals surface area contributed by atoms with Crippen LogP contribution in [0.5, 0.6) is 0 Å². The molecule has 1 N–H and O–H groups in total. The third kappa shape index (κ3) is 6.24. The van der Waals surface area contributed by atoms with E-state index < -0.39 is 0 Å². The van der Waals surface area contributed by atoms with E-state index in [4.69, 9.17) is 0 Å². The van der Waals surface area contributed by atoms with Crippen LogP contribution < -0.4 is 0 Å². The van der Waals surface area contributed by atoms with E-state index in [1.807, 2.05) is 74.3 Å². The number of amides is 4.